The van der Waals surface area contributed by atoms with Gasteiger partial charge in [-0.05, 0) is 36.2 Å². The summed E-state index contributed by atoms with van der Waals surface area (Å²) in [6.07, 6.45) is -5.02. The lowest BCUT2D eigenvalue weighted by Gasteiger charge is -2.15. The van der Waals surface area contributed by atoms with Gasteiger partial charge in [0.1, 0.15) is 10.6 Å². The smallest absolute Gasteiger partial charge is 0.404 e. The molecule has 130 valence electrons. The van der Waals surface area contributed by atoms with Crippen molar-refractivity contribution < 1.29 is 31.4 Å². The van der Waals surface area contributed by atoms with Gasteiger partial charge in [-0.1, -0.05) is 24.3 Å². The maximum Gasteiger partial charge on any atom is 0.573 e. The first-order valence-corrected chi connectivity index (χ1v) is 8.19. The number of nitrogens with one attached hydrogen (secondary N) is 1. The van der Waals surface area contributed by atoms with Crippen molar-refractivity contribution in [1.29, 1.82) is 0 Å². The van der Waals surface area contributed by atoms with E-state index in [2.05, 4.69) is 9.46 Å². The number of rotatable bonds is 5. The van der Waals surface area contributed by atoms with Gasteiger partial charge in [0, 0.05) is 0 Å². The number of aliphatic hydroxyl groups excluding tert-OH is 1. The number of sulfonamides is 1. The number of hydrogen-bond acceptors (Lipinski definition) is 4. The third-order valence-electron chi connectivity index (χ3n) is 3.09. The molecule has 5 nitrogen and oxygen atoms in total. The third-order valence-corrected chi connectivity index (χ3v) is 4.50. The summed E-state index contributed by atoms with van der Waals surface area (Å²) < 4.78 is 68.2. The van der Waals surface area contributed by atoms with Crippen LogP contribution in [0.3, 0.4) is 0 Å². The van der Waals surface area contributed by atoms with Crippen LogP contribution in [0.4, 0.5) is 18.9 Å². The molecule has 2 aromatic carbocycles. The molecule has 9 heteroatoms. The SMILES string of the molecule is Cc1ccc(CO)cc1NS(=O)(=O)c1ccccc1OC(F)(F)F. The van der Waals surface area contributed by atoms with E-state index in [1.807, 2.05) is 0 Å². The fourth-order valence-electron chi connectivity index (χ4n) is 1.96. The molecule has 0 amide bonds. The van der Waals surface area contributed by atoms with E-state index in [-0.39, 0.29) is 12.3 Å². The number of benzene rings is 2. The van der Waals surface area contributed by atoms with Crippen LogP contribution in [0.15, 0.2) is 47.4 Å². The van der Waals surface area contributed by atoms with Gasteiger partial charge in [0.25, 0.3) is 10.0 Å². The quantitative estimate of drug-likeness (QED) is 0.858. The van der Waals surface area contributed by atoms with Crippen molar-refractivity contribution in [1.82, 2.24) is 0 Å². The van der Waals surface area contributed by atoms with Gasteiger partial charge in [-0.3, -0.25) is 4.72 Å². The fraction of sp³-hybridized carbons (Fsp3) is 0.200. The minimum atomic E-state index is -5.02. The molecule has 0 radical (unpaired) electrons. The molecule has 0 bridgehead atoms. The Morgan fingerprint density at radius 3 is 2.46 bits per heavy atom. The average molecular weight is 361 g/mol. The Morgan fingerprint density at radius 1 is 1.17 bits per heavy atom. The Morgan fingerprint density at radius 2 is 1.83 bits per heavy atom. The molecule has 0 spiro atoms. The van der Waals surface area contributed by atoms with E-state index >= 15 is 0 Å². The Hall–Kier alpha value is -2.26. The zero-order valence-electron chi connectivity index (χ0n) is 12.5. The summed E-state index contributed by atoms with van der Waals surface area (Å²) in [4.78, 5) is -0.642. The first kappa shape index (κ1) is 18.1. The van der Waals surface area contributed by atoms with Gasteiger partial charge in [-0.15, -0.1) is 13.2 Å². The van der Waals surface area contributed by atoms with Gasteiger partial charge >= 0.3 is 6.36 Å². The van der Waals surface area contributed by atoms with Gasteiger partial charge < -0.3 is 9.84 Å². The zero-order chi connectivity index (χ0) is 18.0. The molecule has 2 rings (SSSR count). The van der Waals surface area contributed by atoms with Crippen LogP contribution in [0, 0.1) is 6.92 Å². The van der Waals surface area contributed by atoms with Crippen molar-refractivity contribution in [2.24, 2.45) is 0 Å². The van der Waals surface area contributed by atoms with Crippen molar-refractivity contribution in [3.05, 3.63) is 53.6 Å². The monoisotopic (exact) mass is 361 g/mol. The van der Waals surface area contributed by atoms with Crippen LogP contribution in [0.5, 0.6) is 5.75 Å². The van der Waals surface area contributed by atoms with Crippen LogP contribution < -0.4 is 9.46 Å². The number of aliphatic hydroxyl groups is 1. The topological polar surface area (TPSA) is 75.6 Å². The maximum atomic E-state index is 12.4. The lowest BCUT2D eigenvalue weighted by atomic mass is 10.1. The predicted molar refractivity (Wildman–Crippen MR) is 81.0 cm³/mol. The predicted octanol–water partition coefficient (Wildman–Crippen LogP) is 3.19. The van der Waals surface area contributed by atoms with E-state index in [0.29, 0.717) is 11.1 Å². The van der Waals surface area contributed by atoms with Crippen LogP contribution in [0.1, 0.15) is 11.1 Å². The van der Waals surface area contributed by atoms with Crippen LogP contribution >= 0.6 is 0 Å². The first-order valence-electron chi connectivity index (χ1n) is 6.70. The van der Waals surface area contributed by atoms with Crippen LogP contribution in [0.2, 0.25) is 0 Å². The Kier molecular flexibility index (Phi) is 5.05. The first-order chi connectivity index (χ1) is 11.1. The molecule has 0 fully saturated rings. The van der Waals surface area contributed by atoms with E-state index in [4.69, 9.17) is 5.11 Å². The Bertz CT molecular complexity index is 835. The average Bonchev–Trinajstić information content (AvgIpc) is 2.48. The van der Waals surface area contributed by atoms with Gasteiger partial charge in [-0.25, -0.2) is 8.42 Å². The zero-order valence-corrected chi connectivity index (χ0v) is 13.3. The molecule has 2 N–H and O–H groups in total. The molecule has 0 aliphatic carbocycles. The lowest BCUT2D eigenvalue weighted by molar-refractivity contribution is -0.275. The summed E-state index contributed by atoms with van der Waals surface area (Å²) in [5, 5.41) is 9.12. The molecule has 0 atom stereocenters. The summed E-state index contributed by atoms with van der Waals surface area (Å²) in [5.41, 5.74) is 1.16. The normalized spacial score (nSPS) is 12.0. The van der Waals surface area contributed by atoms with E-state index in [1.54, 1.807) is 19.1 Å². The molecule has 0 aromatic heterocycles. The molecule has 0 unspecified atom stereocenters. The van der Waals surface area contributed by atoms with E-state index in [0.717, 1.165) is 12.1 Å². The second kappa shape index (κ2) is 6.70. The van der Waals surface area contributed by atoms with Gasteiger partial charge in [0.05, 0.1) is 12.3 Å². The summed E-state index contributed by atoms with van der Waals surface area (Å²) in [7, 11) is -4.32. The molecular weight excluding hydrogens is 347 g/mol. The molecule has 0 saturated heterocycles. The summed E-state index contributed by atoms with van der Waals surface area (Å²) in [5.74, 6) is -0.825. The molecule has 0 aliphatic rings. The van der Waals surface area contributed by atoms with Crippen LogP contribution in [-0.2, 0) is 16.6 Å². The molecule has 0 heterocycles. The summed E-state index contributed by atoms with van der Waals surface area (Å²) in [6, 6.07) is 9.04. The molecule has 0 saturated carbocycles. The third kappa shape index (κ3) is 4.39. The largest absolute Gasteiger partial charge is 0.573 e. The van der Waals surface area contributed by atoms with Gasteiger partial charge in [0.2, 0.25) is 0 Å². The highest BCUT2D eigenvalue weighted by atomic mass is 32.2. The summed E-state index contributed by atoms with van der Waals surface area (Å²) in [6.45, 7) is 1.32. The fourth-order valence-corrected chi connectivity index (χ4v) is 3.21. The Balaban J connectivity index is 2.42. The van der Waals surface area contributed by atoms with Crippen molar-refractivity contribution >= 4 is 15.7 Å². The Labute approximate surface area is 136 Å². The van der Waals surface area contributed by atoms with Crippen molar-refractivity contribution in [3.8, 4) is 5.75 Å². The highest BCUT2D eigenvalue weighted by Crippen LogP contribution is 2.31. The minimum absolute atomic E-state index is 0.156. The molecular formula is C15H14F3NO4S. The number of alkyl halides is 3. The molecule has 24 heavy (non-hydrogen) atoms. The number of halogens is 3. The highest BCUT2D eigenvalue weighted by molar-refractivity contribution is 7.92. The summed E-state index contributed by atoms with van der Waals surface area (Å²) >= 11 is 0. The van der Waals surface area contributed by atoms with E-state index in [9.17, 15) is 21.6 Å². The van der Waals surface area contributed by atoms with E-state index < -0.39 is 27.0 Å². The van der Waals surface area contributed by atoms with Crippen molar-refractivity contribution in [2.45, 2.75) is 24.8 Å². The number of anilines is 1. The maximum absolute atomic E-state index is 12.4. The number of para-hydroxylation sites is 1. The molecule has 0 aliphatic heterocycles. The standard InChI is InChI=1S/C15H14F3NO4S/c1-10-6-7-11(9-20)8-12(10)19-24(21,22)14-5-3-2-4-13(14)23-15(16,17)18/h2-8,19-20H,9H2,1H3. The number of hydrogen-bond donors (Lipinski definition) is 2. The number of aryl methyl sites for hydroxylation is 1. The van der Waals surface area contributed by atoms with Crippen LogP contribution in [0.25, 0.3) is 0 Å². The van der Waals surface area contributed by atoms with E-state index in [1.165, 1.54) is 18.2 Å². The van der Waals surface area contributed by atoms with Gasteiger partial charge in [-0.2, -0.15) is 0 Å². The lowest BCUT2D eigenvalue weighted by Crippen LogP contribution is -2.21. The second-order valence-electron chi connectivity index (χ2n) is 4.91. The number of ether oxygens (including phenoxy) is 1. The van der Waals surface area contributed by atoms with Crippen molar-refractivity contribution in [2.75, 3.05) is 4.72 Å². The highest BCUT2D eigenvalue weighted by Gasteiger charge is 2.34. The van der Waals surface area contributed by atoms with Crippen LogP contribution in [-0.4, -0.2) is 19.9 Å². The van der Waals surface area contributed by atoms with Gasteiger partial charge in [0.15, 0.2) is 0 Å². The second-order valence-corrected chi connectivity index (χ2v) is 6.56. The molecule has 2 aromatic rings. The minimum Gasteiger partial charge on any atom is -0.404 e. The van der Waals surface area contributed by atoms with Crippen molar-refractivity contribution in [3.63, 3.8) is 0 Å².